The van der Waals surface area contributed by atoms with Crippen molar-refractivity contribution in [1.82, 2.24) is 0 Å². The van der Waals surface area contributed by atoms with Crippen molar-refractivity contribution in [2.24, 2.45) is 17.8 Å². The fourth-order valence-corrected chi connectivity index (χ4v) is 8.16. The van der Waals surface area contributed by atoms with E-state index in [0.717, 1.165) is 18.1 Å². The summed E-state index contributed by atoms with van der Waals surface area (Å²) in [7, 11) is -0.594. The topological polar surface area (TPSA) is 17.1 Å². The Balaban J connectivity index is 2.26. The normalized spacial score (nSPS) is 45.1. The second kappa shape index (κ2) is 5.01. The van der Waals surface area contributed by atoms with Gasteiger partial charge >= 0.3 is 0 Å². The molecule has 2 rings (SSSR count). The maximum absolute atomic E-state index is 12.5. The summed E-state index contributed by atoms with van der Waals surface area (Å²) in [4.78, 5) is 0. The van der Waals surface area contributed by atoms with E-state index in [-0.39, 0.29) is 4.08 Å². The Labute approximate surface area is 107 Å². The summed E-state index contributed by atoms with van der Waals surface area (Å²) < 4.78 is 12.6. The van der Waals surface area contributed by atoms with Crippen molar-refractivity contribution in [2.75, 3.05) is 11.5 Å². The fourth-order valence-electron chi connectivity index (χ4n) is 3.37. The van der Waals surface area contributed by atoms with Gasteiger partial charge in [0.15, 0.2) is 0 Å². The van der Waals surface area contributed by atoms with E-state index < -0.39 is 10.8 Å². The predicted molar refractivity (Wildman–Crippen MR) is 74.2 cm³/mol. The number of rotatable bonds is 1. The molecular weight excluding hydrogens is 236 g/mol. The van der Waals surface area contributed by atoms with Crippen LogP contribution in [0.15, 0.2) is 0 Å². The first kappa shape index (κ1) is 12.9. The van der Waals surface area contributed by atoms with E-state index in [4.69, 9.17) is 0 Å². The molecule has 3 heteroatoms. The van der Waals surface area contributed by atoms with E-state index in [1.54, 1.807) is 0 Å². The minimum Gasteiger partial charge on any atom is -0.258 e. The Bertz CT molecular complexity index is 277. The van der Waals surface area contributed by atoms with Crippen LogP contribution in [0.2, 0.25) is 0 Å². The SMILES string of the molecule is CC(C)[C@@H]1CC[C@@H](C)CC12SCCCS2=O. The summed E-state index contributed by atoms with van der Waals surface area (Å²) in [5.41, 5.74) is 0. The lowest BCUT2D eigenvalue weighted by Crippen LogP contribution is -2.49. The second-order valence-corrected chi connectivity index (χ2v) is 9.31. The van der Waals surface area contributed by atoms with Gasteiger partial charge in [0.25, 0.3) is 0 Å². The van der Waals surface area contributed by atoms with Crippen LogP contribution in [0.3, 0.4) is 0 Å². The zero-order valence-corrected chi connectivity index (χ0v) is 12.3. The van der Waals surface area contributed by atoms with Crippen molar-refractivity contribution < 1.29 is 4.21 Å². The molecule has 4 atom stereocenters. The predicted octanol–water partition coefficient (Wildman–Crippen LogP) is 3.66. The average Bonchev–Trinajstić information content (AvgIpc) is 2.22. The Kier molecular flexibility index (Phi) is 4.05. The summed E-state index contributed by atoms with van der Waals surface area (Å²) >= 11 is 2.03. The molecule has 1 spiro atoms. The van der Waals surface area contributed by atoms with Gasteiger partial charge in [0, 0.05) is 16.6 Å². The maximum atomic E-state index is 12.5. The van der Waals surface area contributed by atoms with Gasteiger partial charge in [-0.1, -0.05) is 27.2 Å². The van der Waals surface area contributed by atoms with Crippen LogP contribution in [-0.2, 0) is 10.8 Å². The van der Waals surface area contributed by atoms with Crippen molar-refractivity contribution in [3.05, 3.63) is 0 Å². The molecule has 1 heterocycles. The van der Waals surface area contributed by atoms with Crippen LogP contribution in [0.4, 0.5) is 0 Å². The van der Waals surface area contributed by atoms with Gasteiger partial charge in [-0.3, -0.25) is 4.21 Å². The van der Waals surface area contributed by atoms with Crippen LogP contribution >= 0.6 is 11.8 Å². The van der Waals surface area contributed by atoms with E-state index in [1.807, 2.05) is 11.8 Å². The molecule has 2 fully saturated rings. The van der Waals surface area contributed by atoms with Crippen LogP contribution < -0.4 is 0 Å². The van der Waals surface area contributed by atoms with Crippen molar-refractivity contribution >= 4 is 22.6 Å². The van der Waals surface area contributed by atoms with E-state index in [9.17, 15) is 4.21 Å². The van der Waals surface area contributed by atoms with E-state index in [1.165, 1.54) is 25.0 Å². The van der Waals surface area contributed by atoms with Crippen LogP contribution in [0.1, 0.15) is 46.5 Å². The van der Waals surface area contributed by atoms with Crippen LogP contribution in [0.25, 0.3) is 0 Å². The highest BCUT2D eigenvalue weighted by Crippen LogP contribution is 2.53. The van der Waals surface area contributed by atoms with Gasteiger partial charge in [-0.05, 0) is 42.8 Å². The summed E-state index contributed by atoms with van der Waals surface area (Å²) in [6.07, 6.45) is 4.96. The maximum Gasteiger partial charge on any atom is 0.0941 e. The Hall–Kier alpha value is 0.500. The molecule has 1 aliphatic heterocycles. The van der Waals surface area contributed by atoms with Gasteiger partial charge in [-0.2, -0.15) is 0 Å². The second-order valence-electron chi connectivity index (χ2n) is 5.80. The average molecular weight is 260 g/mol. The summed E-state index contributed by atoms with van der Waals surface area (Å²) in [6, 6.07) is 0. The zero-order valence-electron chi connectivity index (χ0n) is 10.7. The van der Waals surface area contributed by atoms with Gasteiger partial charge in [-0.15, -0.1) is 11.8 Å². The molecule has 94 valence electrons. The van der Waals surface area contributed by atoms with Crippen molar-refractivity contribution in [1.29, 1.82) is 0 Å². The van der Waals surface area contributed by atoms with Gasteiger partial charge < -0.3 is 0 Å². The highest BCUT2D eigenvalue weighted by Gasteiger charge is 2.50. The molecule has 0 N–H and O–H groups in total. The molecule has 16 heavy (non-hydrogen) atoms. The van der Waals surface area contributed by atoms with Crippen molar-refractivity contribution in [3.8, 4) is 0 Å². The monoisotopic (exact) mass is 260 g/mol. The van der Waals surface area contributed by atoms with Gasteiger partial charge in [0.05, 0.1) is 4.08 Å². The Morgan fingerprint density at radius 1 is 1.38 bits per heavy atom. The lowest BCUT2D eigenvalue weighted by atomic mass is 9.76. The van der Waals surface area contributed by atoms with Crippen LogP contribution in [-0.4, -0.2) is 19.8 Å². The van der Waals surface area contributed by atoms with Gasteiger partial charge in [0.2, 0.25) is 0 Å². The third-order valence-corrected chi connectivity index (χ3v) is 8.44. The first-order valence-electron chi connectivity index (χ1n) is 6.58. The van der Waals surface area contributed by atoms with Crippen molar-refractivity contribution in [2.45, 2.75) is 50.5 Å². The summed E-state index contributed by atoms with van der Waals surface area (Å²) in [6.45, 7) is 6.97. The fraction of sp³-hybridized carbons (Fsp3) is 1.00. The summed E-state index contributed by atoms with van der Waals surface area (Å²) in [5.74, 6) is 4.30. The molecule has 2 unspecified atom stereocenters. The standard InChI is InChI=1S/C13H24OS2/c1-10(2)12-6-5-11(3)9-13(12)15-7-4-8-16(13)14/h10-12H,4-9H2,1-3H3/t11-,12+,13?,16?/m1/s1. The summed E-state index contributed by atoms with van der Waals surface area (Å²) in [5, 5.41) is 0. The lowest BCUT2D eigenvalue weighted by molar-refractivity contribution is 0.222. The van der Waals surface area contributed by atoms with E-state index in [0.29, 0.717) is 11.8 Å². The molecule has 0 radical (unpaired) electrons. The van der Waals surface area contributed by atoms with Gasteiger partial charge in [-0.25, -0.2) is 0 Å². The highest BCUT2D eigenvalue weighted by molar-refractivity contribution is 8.13. The minimum absolute atomic E-state index is 0.115. The van der Waals surface area contributed by atoms with Crippen molar-refractivity contribution in [3.63, 3.8) is 0 Å². The molecule has 1 nitrogen and oxygen atoms in total. The van der Waals surface area contributed by atoms with E-state index >= 15 is 0 Å². The van der Waals surface area contributed by atoms with Crippen LogP contribution in [0, 0.1) is 17.8 Å². The molecule has 0 bridgehead atoms. The number of hydrogen-bond donors (Lipinski definition) is 0. The molecule has 1 saturated heterocycles. The molecule has 1 saturated carbocycles. The minimum atomic E-state index is -0.594. The Morgan fingerprint density at radius 3 is 2.75 bits per heavy atom. The molecule has 0 aromatic rings. The molecular formula is C13H24OS2. The first-order valence-corrected chi connectivity index (χ1v) is 8.89. The molecule has 1 aliphatic carbocycles. The largest absolute Gasteiger partial charge is 0.258 e. The third-order valence-electron chi connectivity index (χ3n) is 4.18. The smallest absolute Gasteiger partial charge is 0.0941 e. The Morgan fingerprint density at radius 2 is 2.12 bits per heavy atom. The molecule has 2 aliphatic rings. The highest BCUT2D eigenvalue weighted by atomic mass is 32.2. The molecule has 0 aromatic carbocycles. The molecule has 0 aromatic heterocycles. The number of thioether (sulfide) groups is 1. The zero-order chi connectivity index (χ0) is 11.8. The number of hydrogen-bond acceptors (Lipinski definition) is 2. The third kappa shape index (κ3) is 2.22. The first-order chi connectivity index (χ1) is 7.56. The molecule has 0 amide bonds. The lowest BCUT2D eigenvalue weighted by Gasteiger charge is -2.48. The van der Waals surface area contributed by atoms with E-state index in [2.05, 4.69) is 20.8 Å². The quantitative estimate of drug-likeness (QED) is 0.716. The van der Waals surface area contributed by atoms with Gasteiger partial charge in [0.1, 0.15) is 0 Å². The van der Waals surface area contributed by atoms with Crippen LogP contribution in [0.5, 0.6) is 0 Å².